The van der Waals surface area contributed by atoms with Crippen molar-refractivity contribution in [1.82, 2.24) is 0 Å². The van der Waals surface area contributed by atoms with E-state index in [9.17, 15) is 4.79 Å². The SMILES string of the molecule is CCOC(=O)C=Cc1ccc(Cl)cc1C. The maximum absolute atomic E-state index is 11.1. The molecule has 1 aromatic carbocycles. The Labute approximate surface area is 94.5 Å². The summed E-state index contributed by atoms with van der Waals surface area (Å²) >= 11 is 5.81. The molecule has 0 saturated heterocycles. The van der Waals surface area contributed by atoms with E-state index in [0.717, 1.165) is 11.1 Å². The van der Waals surface area contributed by atoms with Crippen LogP contribution in [0, 0.1) is 6.92 Å². The zero-order valence-corrected chi connectivity index (χ0v) is 9.54. The maximum atomic E-state index is 11.1. The minimum atomic E-state index is -0.327. The molecule has 0 bridgehead atoms. The number of benzene rings is 1. The second-order valence-electron chi connectivity index (χ2n) is 3.09. The largest absolute Gasteiger partial charge is 0.463 e. The highest BCUT2D eigenvalue weighted by Gasteiger charge is 1.97. The standard InChI is InChI=1S/C12H13ClO2/c1-3-15-12(14)7-5-10-4-6-11(13)8-9(10)2/h4-8H,3H2,1-2H3. The van der Waals surface area contributed by atoms with E-state index in [-0.39, 0.29) is 5.97 Å². The molecular weight excluding hydrogens is 212 g/mol. The summed E-state index contributed by atoms with van der Waals surface area (Å²) in [7, 11) is 0. The molecule has 0 spiro atoms. The molecule has 0 aromatic heterocycles. The Morgan fingerprint density at radius 3 is 2.87 bits per heavy atom. The fourth-order valence-electron chi connectivity index (χ4n) is 1.17. The van der Waals surface area contributed by atoms with Crippen LogP contribution < -0.4 is 0 Å². The number of halogens is 1. The maximum Gasteiger partial charge on any atom is 0.330 e. The number of rotatable bonds is 3. The van der Waals surface area contributed by atoms with Crippen molar-refractivity contribution in [2.24, 2.45) is 0 Å². The minimum absolute atomic E-state index is 0.327. The summed E-state index contributed by atoms with van der Waals surface area (Å²) in [6.07, 6.45) is 3.14. The topological polar surface area (TPSA) is 26.3 Å². The van der Waals surface area contributed by atoms with E-state index in [2.05, 4.69) is 0 Å². The summed E-state index contributed by atoms with van der Waals surface area (Å²) in [5.74, 6) is -0.327. The second kappa shape index (κ2) is 5.56. The molecule has 0 saturated carbocycles. The number of esters is 1. The molecular formula is C12H13ClO2. The van der Waals surface area contributed by atoms with Crippen molar-refractivity contribution in [3.8, 4) is 0 Å². The molecule has 0 fully saturated rings. The van der Waals surface area contributed by atoms with Crippen LogP contribution in [0.4, 0.5) is 0 Å². The van der Waals surface area contributed by atoms with E-state index < -0.39 is 0 Å². The fraction of sp³-hybridized carbons (Fsp3) is 0.250. The molecule has 0 aliphatic carbocycles. The quantitative estimate of drug-likeness (QED) is 0.582. The highest BCUT2D eigenvalue weighted by Crippen LogP contribution is 2.16. The third-order valence-corrected chi connectivity index (χ3v) is 2.15. The van der Waals surface area contributed by atoms with Gasteiger partial charge in [-0.2, -0.15) is 0 Å². The molecule has 0 aliphatic heterocycles. The van der Waals surface area contributed by atoms with Crippen molar-refractivity contribution in [2.45, 2.75) is 13.8 Å². The van der Waals surface area contributed by atoms with E-state index in [1.807, 2.05) is 19.1 Å². The van der Waals surface area contributed by atoms with Crippen LogP contribution in [0.25, 0.3) is 6.08 Å². The monoisotopic (exact) mass is 224 g/mol. The summed E-state index contributed by atoms with van der Waals surface area (Å²) in [5.41, 5.74) is 2.00. The molecule has 0 N–H and O–H groups in total. The van der Waals surface area contributed by atoms with Gasteiger partial charge in [-0.25, -0.2) is 4.79 Å². The van der Waals surface area contributed by atoms with E-state index in [1.54, 1.807) is 19.1 Å². The Kier molecular flexibility index (Phi) is 4.37. The van der Waals surface area contributed by atoms with E-state index >= 15 is 0 Å². The predicted octanol–water partition coefficient (Wildman–Crippen LogP) is 3.22. The lowest BCUT2D eigenvalue weighted by molar-refractivity contribution is -0.137. The van der Waals surface area contributed by atoms with Crippen LogP contribution in [-0.4, -0.2) is 12.6 Å². The predicted molar refractivity (Wildman–Crippen MR) is 61.9 cm³/mol. The van der Waals surface area contributed by atoms with E-state index in [4.69, 9.17) is 16.3 Å². The van der Waals surface area contributed by atoms with Gasteiger partial charge in [0, 0.05) is 11.1 Å². The van der Waals surface area contributed by atoms with Gasteiger partial charge in [0.15, 0.2) is 0 Å². The van der Waals surface area contributed by atoms with Crippen molar-refractivity contribution in [2.75, 3.05) is 6.61 Å². The highest BCUT2D eigenvalue weighted by atomic mass is 35.5. The Morgan fingerprint density at radius 1 is 1.53 bits per heavy atom. The zero-order valence-electron chi connectivity index (χ0n) is 8.79. The van der Waals surface area contributed by atoms with Crippen LogP contribution in [0.5, 0.6) is 0 Å². The second-order valence-corrected chi connectivity index (χ2v) is 3.52. The third kappa shape index (κ3) is 3.76. The third-order valence-electron chi connectivity index (χ3n) is 1.92. The molecule has 1 aromatic rings. The molecule has 0 amide bonds. The van der Waals surface area contributed by atoms with Crippen molar-refractivity contribution >= 4 is 23.6 Å². The van der Waals surface area contributed by atoms with Crippen LogP contribution in [0.1, 0.15) is 18.1 Å². The normalized spacial score (nSPS) is 10.6. The van der Waals surface area contributed by atoms with Crippen LogP contribution in [0.2, 0.25) is 5.02 Å². The first kappa shape index (κ1) is 11.8. The van der Waals surface area contributed by atoms with Gasteiger partial charge >= 0.3 is 5.97 Å². The van der Waals surface area contributed by atoms with Gasteiger partial charge in [-0.1, -0.05) is 17.7 Å². The Morgan fingerprint density at radius 2 is 2.27 bits per heavy atom. The first-order chi connectivity index (χ1) is 7.13. The van der Waals surface area contributed by atoms with E-state index in [1.165, 1.54) is 6.08 Å². The Bertz CT molecular complexity index is 383. The van der Waals surface area contributed by atoms with Gasteiger partial charge in [0.2, 0.25) is 0 Å². The molecule has 0 atom stereocenters. The lowest BCUT2D eigenvalue weighted by atomic mass is 10.1. The van der Waals surface area contributed by atoms with Gasteiger partial charge in [-0.15, -0.1) is 0 Å². The highest BCUT2D eigenvalue weighted by molar-refractivity contribution is 6.30. The Hall–Kier alpha value is -1.28. The smallest absolute Gasteiger partial charge is 0.330 e. The molecule has 2 nitrogen and oxygen atoms in total. The van der Waals surface area contributed by atoms with Gasteiger partial charge < -0.3 is 4.74 Å². The van der Waals surface area contributed by atoms with Crippen LogP contribution >= 0.6 is 11.6 Å². The average Bonchev–Trinajstić information content (AvgIpc) is 2.17. The lowest BCUT2D eigenvalue weighted by Gasteiger charge is -2.00. The Balaban J connectivity index is 2.76. The van der Waals surface area contributed by atoms with Crippen molar-refractivity contribution in [1.29, 1.82) is 0 Å². The minimum Gasteiger partial charge on any atom is -0.463 e. The van der Waals surface area contributed by atoms with Gasteiger partial charge in [0.05, 0.1) is 6.61 Å². The molecule has 80 valence electrons. The molecule has 0 unspecified atom stereocenters. The summed E-state index contributed by atoms with van der Waals surface area (Å²) in [5, 5.41) is 0.695. The van der Waals surface area contributed by atoms with Gasteiger partial charge in [-0.3, -0.25) is 0 Å². The molecule has 15 heavy (non-hydrogen) atoms. The number of aryl methyl sites for hydroxylation is 1. The van der Waals surface area contributed by atoms with Crippen LogP contribution in [-0.2, 0) is 9.53 Å². The van der Waals surface area contributed by atoms with Crippen molar-refractivity contribution < 1.29 is 9.53 Å². The molecule has 0 aliphatic rings. The summed E-state index contributed by atoms with van der Waals surface area (Å²) in [4.78, 5) is 11.1. The van der Waals surface area contributed by atoms with E-state index in [0.29, 0.717) is 11.6 Å². The first-order valence-corrected chi connectivity index (χ1v) is 5.12. The summed E-state index contributed by atoms with van der Waals surface area (Å²) in [6, 6.07) is 5.51. The number of ether oxygens (including phenoxy) is 1. The molecule has 0 heterocycles. The fourth-order valence-corrected chi connectivity index (χ4v) is 1.40. The van der Waals surface area contributed by atoms with Crippen LogP contribution in [0.15, 0.2) is 24.3 Å². The lowest BCUT2D eigenvalue weighted by Crippen LogP contribution is -1.98. The zero-order chi connectivity index (χ0) is 11.3. The number of hydrogen-bond acceptors (Lipinski definition) is 2. The van der Waals surface area contributed by atoms with Crippen LogP contribution in [0.3, 0.4) is 0 Å². The first-order valence-electron chi connectivity index (χ1n) is 4.74. The van der Waals surface area contributed by atoms with Crippen molar-refractivity contribution in [3.63, 3.8) is 0 Å². The van der Waals surface area contributed by atoms with Gasteiger partial charge in [0.1, 0.15) is 0 Å². The average molecular weight is 225 g/mol. The molecule has 0 radical (unpaired) electrons. The molecule has 3 heteroatoms. The summed E-state index contributed by atoms with van der Waals surface area (Å²) < 4.78 is 4.78. The van der Waals surface area contributed by atoms with Gasteiger partial charge in [-0.05, 0) is 43.2 Å². The van der Waals surface area contributed by atoms with Gasteiger partial charge in [0.25, 0.3) is 0 Å². The summed E-state index contributed by atoms with van der Waals surface area (Å²) in [6.45, 7) is 4.11. The van der Waals surface area contributed by atoms with Crippen molar-refractivity contribution in [3.05, 3.63) is 40.4 Å². The molecule has 1 rings (SSSR count). The number of hydrogen-bond donors (Lipinski definition) is 0. The number of carbonyl (C=O) groups is 1. The number of carbonyl (C=O) groups excluding carboxylic acids is 1.